The van der Waals surface area contributed by atoms with Gasteiger partial charge in [-0.1, -0.05) is 35.9 Å². The standard InChI is InChI=1S/C19H12ClNO2/c20-14-5-3-4-13(12-14)17-10-8-15(22-17)9-11-19-21-16-6-1-2-7-18(16)23-19/h1-12H. The molecular formula is C19H12ClNO2. The van der Waals surface area contributed by atoms with Gasteiger partial charge < -0.3 is 8.83 Å². The number of hydrogen-bond acceptors (Lipinski definition) is 3. The van der Waals surface area contributed by atoms with Gasteiger partial charge in [0.05, 0.1) is 0 Å². The van der Waals surface area contributed by atoms with Crippen LogP contribution in [0, 0.1) is 0 Å². The van der Waals surface area contributed by atoms with E-state index >= 15 is 0 Å². The van der Waals surface area contributed by atoms with Gasteiger partial charge in [-0.3, -0.25) is 0 Å². The first-order valence-corrected chi connectivity index (χ1v) is 7.55. The quantitative estimate of drug-likeness (QED) is 0.470. The highest BCUT2D eigenvalue weighted by Gasteiger charge is 2.05. The third-order valence-corrected chi connectivity index (χ3v) is 3.67. The van der Waals surface area contributed by atoms with Gasteiger partial charge in [-0.15, -0.1) is 0 Å². The molecule has 4 rings (SSSR count). The van der Waals surface area contributed by atoms with E-state index in [1.54, 1.807) is 6.08 Å². The molecular weight excluding hydrogens is 310 g/mol. The van der Waals surface area contributed by atoms with Crippen LogP contribution in [-0.2, 0) is 0 Å². The Balaban J connectivity index is 1.59. The predicted molar refractivity (Wildman–Crippen MR) is 92.1 cm³/mol. The fourth-order valence-corrected chi connectivity index (χ4v) is 2.54. The number of benzene rings is 2. The third-order valence-electron chi connectivity index (χ3n) is 3.44. The minimum Gasteiger partial charge on any atom is -0.457 e. The zero-order chi connectivity index (χ0) is 15.6. The van der Waals surface area contributed by atoms with E-state index in [9.17, 15) is 0 Å². The van der Waals surface area contributed by atoms with Gasteiger partial charge in [0.2, 0.25) is 5.89 Å². The van der Waals surface area contributed by atoms with Crippen LogP contribution in [0.4, 0.5) is 0 Å². The Kier molecular flexibility index (Phi) is 3.48. The van der Waals surface area contributed by atoms with Crippen LogP contribution in [0.2, 0.25) is 5.02 Å². The van der Waals surface area contributed by atoms with Crippen LogP contribution in [0.15, 0.2) is 69.5 Å². The van der Waals surface area contributed by atoms with E-state index in [2.05, 4.69) is 4.98 Å². The van der Waals surface area contributed by atoms with E-state index in [0.717, 1.165) is 28.2 Å². The molecule has 0 radical (unpaired) electrons. The van der Waals surface area contributed by atoms with Gasteiger partial charge in [-0.25, -0.2) is 4.98 Å². The van der Waals surface area contributed by atoms with Crippen molar-refractivity contribution >= 4 is 34.9 Å². The first-order chi connectivity index (χ1) is 11.3. The summed E-state index contributed by atoms with van der Waals surface area (Å²) in [6.45, 7) is 0. The van der Waals surface area contributed by atoms with Crippen LogP contribution >= 0.6 is 11.6 Å². The van der Waals surface area contributed by atoms with Crippen molar-refractivity contribution in [2.45, 2.75) is 0 Å². The van der Waals surface area contributed by atoms with Crippen molar-refractivity contribution in [1.29, 1.82) is 0 Å². The number of hydrogen-bond donors (Lipinski definition) is 0. The molecule has 0 unspecified atom stereocenters. The van der Waals surface area contributed by atoms with Crippen molar-refractivity contribution in [2.75, 3.05) is 0 Å². The summed E-state index contributed by atoms with van der Waals surface area (Å²) >= 11 is 6.01. The molecule has 3 nitrogen and oxygen atoms in total. The zero-order valence-corrected chi connectivity index (χ0v) is 12.8. The second-order valence-corrected chi connectivity index (χ2v) is 5.50. The molecule has 0 aliphatic carbocycles. The van der Waals surface area contributed by atoms with Gasteiger partial charge in [0, 0.05) is 16.7 Å². The average molecular weight is 322 g/mol. The number of nitrogens with zero attached hydrogens (tertiary/aromatic N) is 1. The van der Waals surface area contributed by atoms with Crippen molar-refractivity contribution in [2.24, 2.45) is 0 Å². The summed E-state index contributed by atoms with van der Waals surface area (Å²) in [5, 5.41) is 0.683. The Morgan fingerprint density at radius 1 is 0.870 bits per heavy atom. The Hall–Kier alpha value is -2.78. The molecule has 0 fully saturated rings. The van der Waals surface area contributed by atoms with Crippen molar-refractivity contribution in [3.8, 4) is 11.3 Å². The molecule has 4 heteroatoms. The molecule has 0 N–H and O–H groups in total. The lowest BCUT2D eigenvalue weighted by molar-refractivity contribution is 0.570. The smallest absolute Gasteiger partial charge is 0.220 e. The van der Waals surface area contributed by atoms with Crippen molar-refractivity contribution in [3.05, 3.63) is 77.3 Å². The molecule has 23 heavy (non-hydrogen) atoms. The summed E-state index contributed by atoms with van der Waals surface area (Å²) in [6.07, 6.45) is 3.62. The number of furan rings is 1. The number of para-hydroxylation sites is 2. The molecule has 0 atom stereocenters. The number of fused-ring (bicyclic) bond motifs is 1. The fraction of sp³-hybridized carbons (Fsp3) is 0. The Labute approximate surface area is 137 Å². The number of halogens is 1. The lowest BCUT2D eigenvalue weighted by Gasteiger charge is -1.96. The minimum absolute atomic E-state index is 0.548. The van der Waals surface area contributed by atoms with Gasteiger partial charge in [-0.2, -0.15) is 0 Å². The summed E-state index contributed by atoms with van der Waals surface area (Å²) < 4.78 is 11.4. The molecule has 0 saturated heterocycles. The van der Waals surface area contributed by atoms with E-state index in [-0.39, 0.29) is 0 Å². The van der Waals surface area contributed by atoms with Crippen molar-refractivity contribution < 1.29 is 8.83 Å². The molecule has 2 heterocycles. The van der Waals surface area contributed by atoms with Gasteiger partial charge in [0.1, 0.15) is 17.0 Å². The van der Waals surface area contributed by atoms with Gasteiger partial charge in [-0.05, 0) is 42.5 Å². The molecule has 112 valence electrons. The summed E-state index contributed by atoms with van der Waals surface area (Å²) in [4.78, 5) is 4.39. The maximum atomic E-state index is 6.01. The van der Waals surface area contributed by atoms with E-state index in [0.29, 0.717) is 10.9 Å². The Morgan fingerprint density at radius 3 is 2.65 bits per heavy atom. The average Bonchev–Trinajstić information content (AvgIpc) is 3.19. The first-order valence-electron chi connectivity index (χ1n) is 7.17. The van der Waals surface area contributed by atoms with Crippen LogP contribution in [-0.4, -0.2) is 4.98 Å². The van der Waals surface area contributed by atoms with Gasteiger partial charge in [0.25, 0.3) is 0 Å². The molecule has 4 aromatic rings. The molecule has 0 spiro atoms. The molecule has 0 amide bonds. The summed E-state index contributed by atoms with van der Waals surface area (Å²) in [5.74, 6) is 2.04. The van der Waals surface area contributed by atoms with Crippen LogP contribution in [0.5, 0.6) is 0 Å². The topological polar surface area (TPSA) is 39.2 Å². The van der Waals surface area contributed by atoms with Crippen LogP contribution in [0.3, 0.4) is 0 Å². The Morgan fingerprint density at radius 2 is 1.78 bits per heavy atom. The maximum Gasteiger partial charge on any atom is 0.220 e. The van der Waals surface area contributed by atoms with Crippen molar-refractivity contribution in [3.63, 3.8) is 0 Å². The molecule has 0 aliphatic heterocycles. The van der Waals surface area contributed by atoms with Crippen LogP contribution < -0.4 is 0 Å². The molecule has 2 aromatic carbocycles. The SMILES string of the molecule is Clc1cccc(-c2ccc(C=Cc3nc4ccccc4o3)o2)c1. The van der Waals surface area contributed by atoms with E-state index in [1.807, 2.05) is 66.7 Å². The largest absolute Gasteiger partial charge is 0.457 e. The highest BCUT2D eigenvalue weighted by Crippen LogP contribution is 2.25. The maximum absolute atomic E-state index is 6.01. The number of aromatic nitrogens is 1. The minimum atomic E-state index is 0.548. The van der Waals surface area contributed by atoms with E-state index in [4.69, 9.17) is 20.4 Å². The number of oxazole rings is 1. The molecule has 2 aromatic heterocycles. The second kappa shape index (κ2) is 5.78. The van der Waals surface area contributed by atoms with Crippen LogP contribution in [0.25, 0.3) is 34.6 Å². The second-order valence-electron chi connectivity index (χ2n) is 5.07. The molecule has 0 saturated carbocycles. The highest BCUT2D eigenvalue weighted by atomic mass is 35.5. The molecule has 0 bridgehead atoms. The van der Waals surface area contributed by atoms with E-state index in [1.165, 1.54) is 0 Å². The first kappa shape index (κ1) is 13.9. The zero-order valence-electron chi connectivity index (χ0n) is 12.1. The highest BCUT2D eigenvalue weighted by molar-refractivity contribution is 6.30. The molecule has 0 aliphatic rings. The lowest BCUT2D eigenvalue weighted by atomic mass is 10.2. The van der Waals surface area contributed by atoms with Gasteiger partial charge in [0.15, 0.2) is 5.58 Å². The van der Waals surface area contributed by atoms with Crippen molar-refractivity contribution in [1.82, 2.24) is 4.98 Å². The Bertz CT molecular complexity index is 964. The fourth-order valence-electron chi connectivity index (χ4n) is 2.35. The van der Waals surface area contributed by atoms with Crippen LogP contribution in [0.1, 0.15) is 11.7 Å². The van der Waals surface area contributed by atoms with Gasteiger partial charge >= 0.3 is 0 Å². The normalized spacial score (nSPS) is 11.5. The lowest BCUT2D eigenvalue weighted by Crippen LogP contribution is -1.72. The third kappa shape index (κ3) is 2.91. The van der Waals surface area contributed by atoms with E-state index < -0.39 is 0 Å². The number of rotatable bonds is 3. The summed E-state index contributed by atoms with van der Waals surface area (Å²) in [7, 11) is 0. The predicted octanol–water partition coefficient (Wildman–Crippen LogP) is 5.91. The summed E-state index contributed by atoms with van der Waals surface area (Å²) in [5.41, 5.74) is 2.55. The summed E-state index contributed by atoms with van der Waals surface area (Å²) in [6, 6.07) is 19.0. The monoisotopic (exact) mass is 321 g/mol.